The number of nitrogens with one attached hydrogen (secondary N) is 1. The lowest BCUT2D eigenvalue weighted by Crippen LogP contribution is -2.50. The molecule has 0 fully saturated rings. The summed E-state index contributed by atoms with van der Waals surface area (Å²) in [6.07, 6.45) is 0.979. The number of halogens is 1. The summed E-state index contributed by atoms with van der Waals surface area (Å²) >= 11 is 5.93. The molecule has 8 nitrogen and oxygen atoms in total. The largest absolute Gasteiger partial charge is 0.357 e. The summed E-state index contributed by atoms with van der Waals surface area (Å²) in [4.78, 5) is 38.6. The molecular formula is C22H26ClN3O5S. The summed E-state index contributed by atoms with van der Waals surface area (Å²) in [7, 11) is -2.40. The van der Waals surface area contributed by atoms with E-state index in [4.69, 9.17) is 11.6 Å². The lowest BCUT2D eigenvalue weighted by atomic mass is 10.1. The van der Waals surface area contributed by atoms with Gasteiger partial charge in [-0.3, -0.25) is 18.7 Å². The van der Waals surface area contributed by atoms with Crippen LogP contribution in [0.1, 0.15) is 29.8 Å². The van der Waals surface area contributed by atoms with Gasteiger partial charge in [-0.15, -0.1) is 0 Å². The Balaban J connectivity index is 2.41. The molecule has 2 rings (SSSR count). The Morgan fingerprint density at radius 2 is 1.72 bits per heavy atom. The quantitative estimate of drug-likeness (QED) is 0.556. The highest BCUT2D eigenvalue weighted by atomic mass is 35.5. The molecule has 2 aromatic rings. The van der Waals surface area contributed by atoms with Crippen molar-refractivity contribution in [3.63, 3.8) is 0 Å². The first-order chi connectivity index (χ1) is 14.9. The van der Waals surface area contributed by atoms with Gasteiger partial charge in [0, 0.05) is 24.2 Å². The number of hydrogen-bond donors (Lipinski definition) is 1. The van der Waals surface area contributed by atoms with Gasteiger partial charge in [-0.1, -0.05) is 35.9 Å². The van der Waals surface area contributed by atoms with Crippen LogP contribution in [0.5, 0.6) is 0 Å². The predicted octanol–water partition coefficient (Wildman–Crippen LogP) is 2.47. The van der Waals surface area contributed by atoms with E-state index in [0.717, 1.165) is 16.1 Å². The minimum Gasteiger partial charge on any atom is -0.357 e. The Morgan fingerprint density at radius 3 is 2.25 bits per heavy atom. The number of hydrogen-bond acceptors (Lipinski definition) is 5. The molecule has 10 heteroatoms. The molecule has 32 heavy (non-hydrogen) atoms. The molecule has 0 aliphatic carbocycles. The number of likely N-dealkylation sites (N-methyl/N-ethyl adjacent to an activating group) is 1. The molecule has 0 unspecified atom stereocenters. The van der Waals surface area contributed by atoms with Gasteiger partial charge in [0.05, 0.1) is 11.9 Å². The van der Waals surface area contributed by atoms with Gasteiger partial charge in [0.2, 0.25) is 21.8 Å². The molecule has 0 heterocycles. The minimum atomic E-state index is -3.86. The SMILES string of the molecule is CNC(=O)[C@H](C)N(Cc1ccc(Cl)cc1)C(=O)CN(c1cccc(C(C)=O)c1)S(C)(=O)=O. The number of carbonyl (C=O) groups is 3. The summed E-state index contributed by atoms with van der Waals surface area (Å²) in [5, 5.41) is 3.03. The van der Waals surface area contributed by atoms with Crippen LogP contribution in [-0.4, -0.2) is 56.8 Å². The molecule has 2 aromatic carbocycles. The number of sulfonamides is 1. The second kappa shape index (κ2) is 10.6. The monoisotopic (exact) mass is 479 g/mol. The van der Waals surface area contributed by atoms with Gasteiger partial charge in [-0.2, -0.15) is 0 Å². The number of carbonyl (C=O) groups excluding carboxylic acids is 3. The highest BCUT2D eigenvalue weighted by Crippen LogP contribution is 2.21. The maximum atomic E-state index is 13.3. The zero-order chi connectivity index (χ0) is 24.1. The zero-order valence-electron chi connectivity index (χ0n) is 18.3. The number of benzene rings is 2. The molecular weight excluding hydrogens is 454 g/mol. The summed E-state index contributed by atoms with van der Waals surface area (Å²) in [6.45, 7) is 2.48. The van der Waals surface area contributed by atoms with Crippen LogP contribution in [0.15, 0.2) is 48.5 Å². The van der Waals surface area contributed by atoms with Crippen LogP contribution in [-0.2, 0) is 26.2 Å². The van der Waals surface area contributed by atoms with Gasteiger partial charge < -0.3 is 10.2 Å². The van der Waals surface area contributed by atoms with Crippen LogP contribution in [0.2, 0.25) is 5.02 Å². The predicted molar refractivity (Wildman–Crippen MR) is 124 cm³/mol. The van der Waals surface area contributed by atoms with Crippen molar-refractivity contribution in [1.29, 1.82) is 0 Å². The molecule has 172 valence electrons. The fourth-order valence-corrected chi connectivity index (χ4v) is 4.04. The molecule has 0 aliphatic rings. The van der Waals surface area contributed by atoms with Crippen LogP contribution in [0, 0.1) is 0 Å². The molecule has 1 N–H and O–H groups in total. The average molecular weight is 480 g/mol. The lowest BCUT2D eigenvalue weighted by molar-refractivity contribution is -0.139. The number of Topliss-reactive ketones (excluding diaryl/α,β-unsaturated/α-hetero) is 1. The highest BCUT2D eigenvalue weighted by molar-refractivity contribution is 7.92. The summed E-state index contributed by atoms with van der Waals surface area (Å²) in [5.41, 5.74) is 1.23. The van der Waals surface area contributed by atoms with E-state index in [1.807, 2.05) is 0 Å². The fraction of sp³-hybridized carbons (Fsp3) is 0.318. The molecule has 0 radical (unpaired) electrons. The molecule has 0 bridgehead atoms. The Hall–Kier alpha value is -2.91. The molecule has 0 spiro atoms. The third kappa shape index (κ3) is 6.54. The minimum absolute atomic E-state index is 0.0790. The topological polar surface area (TPSA) is 104 Å². The molecule has 0 aromatic heterocycles. The second-order valence-electron chi connectivity index (χ2n) is 7.31. The fourth-order valence-electron chi connectivity index (χ4n) is 3.07. The Labute approximate surface area is 193 Å². The van der Waals surface area contributed by atoms with Crippen LogP contribution < -0.4 is 9.62 Å². The third-order valence-electron chi connectivity index (χ3n) is 4.90. The van der Waals surface area contributed by atoms with Crippen LogP contribution in [0.25, 0.3) is 0 Å². The smallest absolute Gasteiger partial charge is 0.244 e. The van der Waals surface area contributed by atoms with E-state index in [1.54, 1.807) is 43.3 Å². The van der Waals surface area contributed by atoms with Crippen molar-refractivity contribution < 1.29 is 22.8 Å². The number of amides is 2. The van der Waals surface area contributed by atoms with Crippen molar-refractivity contribution in [2.24, 2.45) is 0 Å². The lowest BCUT2D eigenvalue weighted by Gasteiger charge is -2.31. The summed E-state index contributed by atoms with van der Waals surface area (Å²) in [5.74, 6) is -1.20. The van der Waals surface area contributed by atoms with Crippen LogP contribution in [0.3, 0.4) is 0 Å². The van der Waals surface area contributed by atoms with Gasteiger partial charge in [0.1, 0.15) is 12.6 Å². The molecule has 0 saturated carbocycles. The van der Waals surface area contributed by atoms with E-state index in [1.165, 1.54) is 31.0 Å². The molecule has 0 aliphatic heterocycles. The van der Waals surface area contributed by atoms with Crippen molar-refractivity contribution in [1.82, 2.24) is 10.2 Å². The first-order valence-corrected chi connectivity index (χ1v) is 12.0. The van der Waals surface area contributed by atoms with Crippen molar-refractivity contribution >= 4 is 44.9 Å². The van der Waals surface area contributed by atoms with E-state index in [2.05, 4.69) is 5.32 Å². The molecule has 1 atom stereocenters. The second-order valence-corrected chi connectivity index (χ2v) is 9.66. The third-order valence-corrected chi connectivity index (χ3v) is 6.29. The van der Waals surface area contributed by atoms with Gasteiger partial charge in [-0.05, 0) is 43.7 Å². The molecule has 2 amide bonds. The van der Waals surface area contributed by atoms with Crippen molar-refractivity contribution in [2.45, 2.75) is 26.4 Å². The maximum absolute atomic E-state index is 13.3. The first kappa shape index (κ1) is 25.4. The summed E-state index contributed by atoms with van der Waals surface area (Å²) < 4.78 is 25.9. The summed E-state index contributed by atoms with van der Waals surface area (Å²) in [6, 6.07) is 12.0. The van der Waals surface area contributed by atoms with E-state index < -0.39 is 34.4 Å². The van der Waals surface area contributed by atoms with Crippen LogP contribution >= 0.6 is 11.6 Å². The van der Waals surface area contributed by atoms with Crippen molar-refractivity contribution in [2.75, 3.05) is 24.2 Å². The van der Waals surface area contributed by atoms with E-state index in [0.29, 0.717) is 10.6 Å². The normalized spacial score (nSPS) is 12.0. The Kier molecular flexibility index (Phi) is 8.40. The van der Waals surface area contributed by atoms with E-state index in [9.17, 15) is 22.8 Å². The van der Waals surface area contributed by atoms with Crippen molar-refractivity contribution in [3.05, 3.63) is 64.7 Å². The van der Waals surface area contributed by atoms with E-state index in [-0.39, 0.29) is 18.0 Å². The zero-order valence-corrected chi connectivity index (χ0v) is 19.9. The number of anilines is 1. The number of ketones is 1. The maximum Gasteiger partial charge on any atom is 0.244 e. The highest BCUT2D eigenvalue weighted by Gasteiger charge is 2.29. The first-order valence-electron chi connectivity index (χ1n) is 9.78. The average Bonchev–Trinajstić information content (AvgIpc) is 2.75. The van der Waals surface area contributed by atoms with Gasteiger partial charge >= 0.3 is 0 Å². The van der Waals surface area contributed by atoms with Gasteiger partial charge in [-0.25, -0.2) is 8.42 Å². The van der Waals surface area contributed by atoms with E-state index >= 15 is 0 Å². The Bertz CT molecular complexity index is 1100. The number of rotatable bonds is 9. The van der Waals surface area contributed by atoms with Gasteiger partial charge in [0.25, 0.3) is 0 Å². The molecule has 0 saturated heterocycles. The van der Waals surface area contributed by atoms with Gasteiger partial charge in [0.15, 0.2) is 5.78 Å². The Morgan fingerprint density at radius 1 is 1.09 bits per heavy atom. The van der Waals surface area contributed by atoms with Crippen molar-refractivity contribution in [3.8, 4) is 0 Å². The standard InChI is InChI=1S/C22H26ClN3O5S/c1-15(22(29)24-3)25(13-17-8-10-19(23)11-9-17)21(28)14-26(32(4,30)31)20-7-5-6-18(12-20)16(2)27/h5-12,15H,13-14H2,1-4H3,(H,24,29)/t15-/m0/s1. The van der Waals surface area contributed by atoms with Crippen LogP contribution in [0.4, 0.5) is 5.69 Å². The number of nitrogens with zero attached hydrogens (tertiary/aromatic N) is 2.